The minimum absolute atomic E-state index is 0. The fourth-order valence-corrected chi connectivity index (χ4v) is 3.13. The fourth-order valence-electron chi connectivity index (χ4n) is 3.13. The second-order valence-corrected chi connectivity index (χ2v) is 7.11. The molecule has 1 aromatic rings. The lowest BCUT2D eigenvalue weighted by molar-refractivity contribution is -0.123. The van der Waals surface area contributed by atoms with E-state index in [1.54, 1.807) is 0 Å². The first-order chi connectivity index (χ1) is 12.4. The lowest BCUT2D eigenvalue weighted by atomic mass is 10.1. The molecule has 152 valence electrons. The topological polar surface area (TPSA) is 60.0 Å². The molecule has 1 aromatic carbocycles. The van der Waals surface area contributed by atoms with E-state index in [4.69, 9.17) is 0 Å². The summed E-state index contributed by atoms with van der Waals surface area (Å²) in [5.41, 5.74) is 4.04. The predicted molar refractivity (Wildman–Crippen MR) is 124 cm³/mol. The smallest absolute Gasteiger partial charge is 0.222 e. The van der Waals surface area contributed by atoms with Crippen molar-refractivity contribution in [3.63, 3.8) is 0 Å². The molecular weight excluding hydrogens is 453 g/mol. The molecule has 0 spiro atoms. The molecule has 6 nitrogen and oxygen atoms in total. The highest BCUT2D eigenvalue weighted by atomic mass is 127. The van der Waals surface area contributed by atoms with E-state index in [1.165, 1.54) is 16.8 Å². The first-order valence-corrected chi connectivity index (χ1v) is 9.48. The van der Waals surface area contributed by atoms with Crippen LogP contribution in [-0.4, -0.2) is 63.1 Å². The quantitative estimate of drug-likeness (QED) is 0.290. The average Bonchev–Trinajstić information content (AvgIpc) is 2.64. The molecule has 0 radical (unpaired) electrons. The summed E-state index contributed by atoms with van der Waals surface area (Å²) >= 11 is 0. The van der Waals surface area contributed by atoms with Gasteiger partial charge in [-0.05, 0) is 31.0 Å². The van der Waals surface area contributed by atoms with Crippen molar-refractivity contribution in [1.82, 2.24) is 15.5 Å². The van der Waals surface area contributed by atoms with E-state index in [1.807, 2.05) is 20.9 Å². The Labute approximate surface area is 180 Å². The number of rotatable bonds is 5. The Hall–Kier alpha value is -1.51. The molecule has 0 saturated carbocycles. The van der Waals surface area contributed by atoms with E-state index >= 15 is 0 Å². The zero-order chi connectivity index (χ0) is 19.1. The van der Waals surface area contributed by atoms with Crippen LogP contribution in [0.2, 0.25) is 0 Å². The standard InChI is InChI=1S/C20H33N5O.HI/c1-15(2)19(26)22-9-10-23-20(21-5)25-13-11-24(12-14-25)18-8-6-7-16(3)17(18)4;/h6-8,15H,9-14H2,1-5H3,(H,21,23)(H,22,26);1H. The molecule has 0 aromatic heterocycles. The highest BCUT2D eigenvalue weighted by Crippen LogP contribution is 2.23. The van der Waals surface area contributed by atoms with Gasteiger partial charge in [0.25, 0.3) is 0 Å². The van der Waals surface area contributed by atoms with Crippen molar-refractivity contribution in [3.05, 3.63) is 29.3 Å². The number of benzene rings is 1. The SMILES string of the molecule is CN=C(NCCNC(=O)C(C)C)N1CCN(c2cccc(C)c2C)CC1.I. The zero-order valence-corrected chi connectivity index (χ0v) is 19.5. The summed E-state index contributed by atoms with van der Waals surface area (Å²) in [6.07, 6.45) is 0. The number of guanidine groups is 1. The number of amides is 1. The number of carbonyl (C=O) groups excluding carboxylic acids is 1. The number of aryl methyl sites for hydroxylation is 1. The summed E-state index contributed by atoms with van der Waals surface area (Å²) in [4.78, 5) is 20.7. The lowest BCUT2D eigenvalue weighted by Crippen LogP contribution is -2.53. The third kappa shape index (κ3) is 6.55. The second-order valence-electron chi connectivity index (χ2n) is 7.11. The van der Waals surface area contributed by atoms with Crippen LogP contribution in [-0.2, 0) is 4.79 Å². The van der Waals surface area contributed by atoms with Gasteiger partial charge in [-0.15, -0.1) is 24.0 Å². The number of halogens is 1. The number of nitrogens with zero attached hydrogens (tertiary/aromatic N) is 3. The predicted octanol–water partition coefficient (Wildman–Crippen LogP) is 2.39. The van der Waals surface area contributed by atoms with Crippen molar-refractivity contribution in [3.8, 4) is 0 Å². The highest BCUT2D eigenvalue weighted by molar-refractivity contribution is 14.0. The molecule has 1 fully saturated rings. The normalized spacial score (nSPS) is 14.8. The maximum absolute atomic E-state index is 11.6. The number of hydrogen-bond donors (Lipinski definition) is 2. The van der Waals surface area contributed by atoms with E-state index in [0.29, 0.717) is 13.1 Å². The van der Waals surface area contributed by atoms with Crippen LogP contribution in [0.3, 0.4) is 0 Å². The fraction of sp³-hybridized carbons (Fsp3) is 0.600. The number of hydrogen-bond acceptors (Lipinski definition) is 3. The minimum atomic E-state index is 0. The van der Waals surface area contributed by atoms with Gasteiger partial charge in [-0.1, -0.05) is 26.0 Å². The van der Waals surface area contributed by atoms with Crippen LogP contribution >= 0.6 is 24.0 Å². The van der Waals surface area contributed by atoms with Gasteiger partial charge in [0.2, 0.25) is 5.91 Å². The molecule has 1 heterocycles. The largest absolute Gasteiger partial charge is 0.368 e. The molecule has 1 aliphatic rings. The molecule has 0 aliphatic carbocycles. The van der Waals surface area contributed by atoms with Crippen LogP contribution in [0.15, 0.2) is 23.2 Å². The molecule has 7 heteroatoms. The molecule has 0 bridgehead atoms. The molecule has 0 atom stereocenters. The summed E-state index contributed by atoms with van der Waals surface area (Å²) in [6.45, 7) is 13.3. The third-order valence-electron chi connectivity index (χ3n) is 4.94. The third-order valence-corrected chi connectivity index (χ3v) is 4.94. The van der Waals surface area contributed by atoms with Gasteiger partial charge in [-0.3, -0.25) is 9.79 Å². The molecule has 0 unspecified atom stereocenters. The van der Waals surface area contributed by atoms with Crippen molar-refractivity contribution < 1.29 is 4.79 Å². The summed E-state index contributed by atoms with van der Waals surface area (Å²) in [6, 6.07) is 6.51. The summed E-state index contributed by atoms with van der Waals surface area (Å²) < 4.78 is 0. The highest BCUT2D eigenvalue weighted by Gasteiger charge is 2.20. The molecule has 2 N–H and O–H groups in total. The summed E-state index contributed by atoms with van der Waals surface area (Å²) in [5.74, 6) is 1.01. The monoisotopic (exact) mass is 487 g/mol. The molecule has 1 aliphatic heterocycles. The van der Waals surface area contributed by atoms with E-state index in [9.17, 15) is 4.79 Å². The van der Waals surface area contributed by atoms with E-state index in [0.717, 1.165) is 32.1 Å². The Balaban J connectivity index is 0.00000364. The van der Waals surface area contributed by atoms with Crippen LogP contribution in [0.4, 0.5) is 5.69 Å². The van der Waals surface area contributed by atoms with Crippen molar-refractivity contribution in [2.24, 2.45) is 10.9 Å². The van der Waals surface area contributed by atoms with Gasteiger partial charge in [0, 0.05) is 57.9 Å². The molecular formula is C20H34IN5O. The van der Waals surface area contributed by atoms with Crippen LogP contribution in [0, 0.1) is 19.8 Å². The Bertz CT molecular complexity index is 639. The molecule has 1 amide bonds. The van der Waals surface area contributed by atoms with Gasteiger partial charge in [0.1, 0.15) is 0 Å². The second kappa shape index (κ2) is 11.4. The van der Waals surface area contributed by atoms with E-state index in [2.05, 4.69) is 57.5 Å². The number of carbonyl (C=O) groups is 1. The molecule has 1 saturated heterocycles. The van der Waals surface area contributed by atoms with Crippen LogP contribution in [0.25, 0.3) is 0 Å². The van der Waals surface area contributed by atoms with Crippen LogP contribution in [0.5, 0.6) is 0 Å². The first-order valence-electron chi connectivity index (χ1n) is 9.48. The minimum Gasteiger partial charge on any atom is -0.368 e. The molecule has 27 heavy (non-hydrogen) atoms. The summed E-state index contributed by atoms with van der Waals surface area (Å²) in [5, 5.41) is 6.27. The first kappa shape index (κ1) is 23.5. The Kier molecular flexibility index (Phi) is 9.90. The number of aliphatic imine (C=N–C) groups is 1. The number of anilines is 1. The van der Waals surface area contributed by atoms with E-state index in [-0.39, 0.29) is 35.8 Å². The van der Waals surface area contributed by atoms with Gasteiger partial charge in [0.15, 0.2) is 5.96 Å². The van der Waals surface area contributed by atoms with Crippen LogP contribution < -0.4 is 15.5 Å². The zero-order valence-electron chi connectivity index (χ0n) is 17.2. The van der Waals surface area contributed by atoms with Gasteiger partial charge in [0.05, 0.1) is 0 Å². The maximum Gasteiger partial charge on any atom is 0.222 e. The van der Waals surface area contributed by atoms with Gasteiger partial charge < -0.3 is 20.4 Å². The van der Waals surface area contributed by atoms with Crippen molar-refractivity contribution in [1.29, 1.82) is 0 Å². The van der Waals surface area contributed by atoms with Gasteiger partial charge in [-0.2, -0.15) is 0 Å². The Morgan fingerprint density at radius 1 is 1.11 bits per heavy atom. The maximum atomic E-state index is 11.6. The lowest BCUT2D eigenvalue weighted by Gasteiger charge is -2.38. The van der Waals surface area contributed by atoms with E-state index < -0.39 is 0 Å². The number of piperazine rings is 1. The van der Waals surface area contributed by atoms with Crippen molar-refractivity contribution >= 4 is 41.5 Å². The van der Waals surface area contributed by atoms with Crippen molar-refractivity contribution in [2.45, 2.75) is 27.7 Å². The van der Waals surface area contributed by atoms with Crippen molar-refractivity contribution in [2.75, 3.05) is 51.2 Å². The molecule has 2 rings (SSSR count). The summed E-state index contributed by atoms with van der Waals surface area (Å²) in [7, 11) is 1.81. The average molecular weight is 487 g/mol. The number of nitrogens with one attached hydrogen (secondary N) is 2. The Morgan fingerprint density at radius 2 is 1.74 bits per heavy atom. The Morgan fingerprint density at radius 3 is 2.33 bits per heavy atom. The van der Waals surface area contributed by atoms with Crippen LogP contribution in [0.1, 0.15) is 25.0 Å². The van der Waals surface area contributed by atoms with Gasteiger partial charge in [-0.25, -0.2) is 0 Å². The van der Waals surface area contributed by atoms with Gasteiger partial charge >= 0.3 is 0 Å².